The lowest BCUT2D eigenvalue weighted by molar-refractivity contribution is 0.0599. The van der Waals surface area contributed by atoms with Gasteiger partial charge >= 0.3 is 5.97 Å². The van der Waals surface area contributed by atoms with Crippen LogP contribution in [0.5, 0.6) is 5.75 Å². The molecule has 0 N–H and O–H groups in total. The van der Waals surface area contributed by atoms with E-state index in [1.165, 1.54) is 7.11 Å². The van der Waals surface area contributed by atoms with Gasteiger partial charge in [0.25, 0.3) is 0 Å². The van der Waals surface area contributed by atoms with E-state index in [1.807, 2.05) is 0 Å². The number of rotatable bonds is 2. The van der Waals surface area contributed by atoms with E-state index >= 15 is 0 Å². The van der Waals surface area contributed by atoms with Crippen LogP contribution in [-0.4, -0.2) is 13.1 Å². The predicted octanol–water partition coefficient (Wildman–Crippen LogP) is 2.16. The molecule has 0 atom stereocenters. The molecule has 0 unspecified atom stereocenters. The van der Waals surface area contributed by atoms with E-state index in [1.54, 1.807) is 24.3 Å². The van der Waals surface area contributed by atoms with Crippen molar-refractivity contribution in [3.63, 3.8) is 0 Å². The number of ether oxygens (including phenoxy) is 1. The van der Waals surface area contributed by atoms with Crippen molar-refractivity contribution < 1.29 is 13.4 Å². The Morgan fingerprint density at radius 2 is 2.08 bits per heavy atom. The number of carbonyl (C=O) groups excluding carboxylic acids is 1. The molecule has 0 aliphatic carbocycles. The summed E-state index contributed by atoms with van der Waals surface area (Å²) in [6, 6.07) is 6.80. The van der Waals surface area contributed by atoms with Gasteiger partial charge in [0.2, 0.25) is 0 Å². The van der Waals surface area contributed by atoms with Gasteiger partial charge in [-0.1, -0.05) is 12.1 Å². The quantitative estimate of drug-likeness (QED) is 0.731. The van der Waals surface area contributed by atoms with E-state index in [9.17, 15) is 4.79 Å². The van der Waals surface area contributed by atoms with Gasteiger partial charge in [-0.25, -0.2) is 4.79 Å². The van der Waals surface area contributed by atoms with E-state index in [0.29, 0.717) is 11.3 Å². The molecule has 1 aromatic rings. The molecule has 1 rings (SSSR count). The maximum atomic E-state index is 11.1. The summed E-state index contributed by atoms with van der Waals surface area (Å²) in [5.41, 5.74) is 0.400. The van der Waals surface area contributed by atoms with Crippen LogP contribution in [0.25, 0.3) is 0 Å². The minimum atomic E-state index is -0.412. The molecule has 64 valence electrons. The minimum absolute atomic E-state index is 0.400. The Hall–Kier alpha value is -1.03. The number of methoxy groups -OCH3 is 1. The Morgan fingerprint density at radius 3 is 2.67 bits per heavy atom. The third-order valence-corrected chi connectivity index (χ3v) is 1.72. The molecular formula is C8H7BrO3. The first-order chi connectivity index (χ1) is 5.79. The summed E-state index contributed by atoms with van der Waals surface area (Å²) >= 11 is 2.80. The highest BCUT2D eigenvalue weighted by Crippen LogP contribution is 2.20. The minimum Gasteiger partial charge on any atom is -0.465 e. The molecule has 0 aliphatic heterocycles. The number of hydrogen-bond acceptors (Lipinski definition) is 3. The van der Waals surface area contributed by atoms with E-state index < -0.39 is 5.97 Å². The normalized spacial score (nSPS) is 9.17. The third-order valence-electron chi connectivity index (χ3n) is 1.38. The second-order valence-corrected chi connectivity index (χ2v) is 2.39. The highest BCUT2D eigenvalue weighted by molar-refractivity contribution is 9.06. The highest BCUT2D eigenvalue weighted by atomic mass is 79.9. The molecule has 4 heteroatoms. The Morgan fingerprint density at radius 1 is 1.42 bits per heavy atom. The van der Waals surface area contributed by atoms with Gasteiger partial charge in [-0.2, -0.15) is 0 Å². The van der Waals surface area contributed by atoms with Crippen molar-refractivity contribution in [2.75, 3.05) is 7.11 Å². The number of hydrogen-bond donors (Lipinski definition) is 0. The van der Waals surface area contributed by atoms with Crippen molar-refractivity contribution in [3.05, 3.63) is 29.8 Å². The Bertz CT molecular complexity index is 285. The molecule has 0 saturated heterocycles. The Balaban J connectivity index is 3.04. The van der Waals surface area contributed by atoms with Crippen molar-refractivity contribution in [3.8, 4) is 5.75 Å². The smallest absolute Gasteiger partial charge is 0.341 e. The van der Waals surface area contributed by atoms with E-state index in [-0.39, 0.29) is 0 Å². The van der Waals surface area contributed by atoms with Crippen molar-refractivity contribution in [1.82, 2.24) is 0 Å². The van der Waals surface area contributed by atoms with Gasteiger partial charge in [-0.15, -0.1) is 0 Å². The van der Waals surface area contributed by atoms with Crippen LogP contribution in [-0.2, 0) is 4.74 Å². The molecule has 3 nitrogen and oxygen atoms in total. The summed E-state index contributed by atoms with van der Waals surface area (Å²) < 4.78 is 9.32. The second-order valence-electron chi connectivity index (χ2n) is 2.06. The van der Waals surface area contributed by atoms with Crippen LogP contribution in [0.2, 0.25) is 0 Å². The van der Waals surface area contributed by atoms with Crippen molar-refractivity contribution in [1.29, 1.82) is 0 Å². The number of para-hydroxylation sites is 1. The zero-order valence-corrected chi connectivity index (χ0v) is 8.00. The average Bonchev–Trinajstić information content (AvgIpc) is 2.16. The molecule has 0 saturated carbocycles. The van der Waals surface area contributed by atoms with Crippen molar-refractivity contribution >= 4 is 22.2 Å². The molecule has 0 amide bonds. The van der Waals surface area contributed by atoms with Crippen molar-refractivity contribution in [2.24, 2.45) is 0 Å². The molecule has 0 spiro atoms. The van der Waals surface area contributed by atoms with Crippen LogP contribution in [0.15, 0.2) is 24.3 Å². The first-order valence-electron chi connectivity index (χ1n) is 3.25. The highest BCUT2D eigenvalue weighted by Gasteiger charge is 2.10. The summed E-state index contributed by atoms with van der Waals surface area (Å²) in [7, 11) is 1.33. The SMILES string of the molecule is COC(=O)c1ccccc1OBr. The molecule has 0 aliphatic rings. The van der Waals surface area contributed by atoms with Gasteiger partial charge in [-0.3, -0.25) is 0 Å². The van der Waals surface area contributed by atoms with Crippen molar-refractivity contribution in [2.45, 2.75) is 0 Å². The lowest BCUT2D eigenvalue weighted by Gasteiger charge is -2.02. The fourth-order valence-corrected chi connectivity index (χ4v) is 1.09. The topological polar surface area (TPSA) is 35.5 Å². The van der Waals surface area contributed by atoms with Gasteiger partial charge in [0, 0.05) is 0 Å². The van der Waals surface area contributed by atoms with Gasteiger partial charge in [-0.05, 0) is 12.1 Å². The molecular weight excluding hydrogens is 224 g/mol. The fourth-order valence-electron chi connectivity index (χ4n) is 0.813. The van der Waals surface area contributed by atoms with Crippen LogP contribution in [0.3, 0.4) is 0 Å². The fraction of sp³-hybridized carbons (Fsp3) is 0.125. The molecule has 12 heavy (non-hydrogen) atoms. The molecule has 0 aromatic heterocycles. The number of esters is 1. The molecule has 0 fully saturated rings. The number of halogens is 1. The number of benzene rings is 1. The Kier molecular flexibility index (Phi) is 3.10. The summed E-state index contributed by atoms with van der Waals surface area (Å²) in [4.78, 5) is 11.1. The first kappa shape index (κ1) is 9.06. The summed E-state index contributed by atoms with van der Waals surface area (Å²) in [6.45, 7) is 0. The largest absolute Gasteiger partial charge is 0.465 e. The maximum absolute atomic E-state index is 11.1. The predicted molar refractivity (Wildman–Crippen MR) is 47.3 cm³/mol. The third kappa shape index (κ3) is 1.76. The van der Waals surface area contributed by atoms with E-state index in [2.05, 4.69) is 21.0 Å². The van der Waals surface area contributed by atoms with E-state index in [4.69, 9.17) is 3.83 Å². The number of carbonyl (C=O) groups is 1. The summed E-state index contributed by atoms with van der Waals surface area (Å²) in [5.74, 6) is 0.0365. The van der Waals surface area contributed by atoms with Crippen LogP contribution >= 0.6 is 16.3 Å². The molecule has 0 heterocycles. The molecule has 0 radical (unpaired) electrons. The maximum Gasteiger partial charge on any atom is 0.341 e. The zero-order valence-electron chi connectivity index (χ0n) is 6.41. The van der Waals surface area contributed by atoms with Crippen LogP contribution in [0, 0.1) is 0 Å². The van der Waals surface area contributed by atoms with Crippen LogP contribution in [0.4, 0.5) is 0 Å². The van der Waals surface area contributed by atoms with Gasteiger partial charge in [0.1, 0.15) is 5.56 Å². The zero-order chi connectivity index (χ0) is 8.97. The van der Waals surface area contributed by atoms with E-state index in [0.717, 1.165) is 0 Å². The standard InChI is InChI=1S/C8H7BrO3/c1-11-8(10)6-4-2-3-5-7(6)12-9/h2-5H,1H3. The summed E-state index contributed by atoms with van der Waals surface area (Å²) in [6.07, 6.45) is 0. The van der Waals surface area contributed by atoms with Gasteiger partial charge in [0.15, 0.2) is 22.0 Å². The summed E-state index contributed by atoms with van der Waals surface area (Å²) in [5, 5.41) is 0. The lowest BCUT2D eigenvalue weighted by Crippen LogP contribution is -2.02. The second kappa shape index (κ2) is 4.11. The van der Waals surface area contributed by atoms with Crippen LogP contribution < -0.4 is 3.83 Å². The first-order valence-corrected chi connectivity index (χ1v) is 3.90. The molecule has 1 aromatic carbocycles. The van der Waals surface area contributed by atoms with Gasteiger partial charge in [0.05, 0.1) is 7.11 Å². The lowest BCUT2D eigenvalue weighted by atomic mass is 10.2. The van der Waals surface area contributed by atoms with Gasteiger partial charge < -0.3 is 8.57 Å². The average molecular weight is 231 g/mol. The monoisotopic (exact) mass is 230 g/mol. The molecule has 0 bridgehead atoms. The Labute approximate surface area is 78.7 Å². The van der Waals surface area contributed by atoms with Crippen LogP contribution in [0.1, 0.15) is 10.4 Å².